The smallest absolute Gasteiger partial charge is 0.136 e. The highest BCUT2D eigenvalue weighted by Gasteiger charge is 2.25. The first-order valence-electron chi connectivity index (χ1n) is 16.9. The molecule has 0 bridgehead atoms. The van der Waals surface area contributed by atoms with Gasteiger partial charge in [0.05, 0.1) is 0 Å². The van der Waals surface area contributed by atoms with Gasteiger partial charge in [0.25, 0.3) is 0 Å². The van der Waals surface area contributed by atoms with E-state index in [-0.39, 0.29) is 16.2 Å². The van der Waals surface area contributed by atoms with Crippen LogP contribution in [0.15, 0.2) is 133 Å². The molecule has 0 N–H and O–H groups in total. The van der Waals surface area contributed by atoms with Crippen molar-refractivity contribution in [2.45, 2.75) is 57.8 Å². The molecule has 0 aliphatic carbocycles. The van der Waals surface area contributed by atoms with Gasteiger partial charge in [0.15, 0.2) is 0 Å². The van der Waals surface area contributed by atoms with Crippen LogP contribution in [0.1, 0.15) is 58.2 Å². The van der Waals surface area contributed by atoms with Crippen LogP contribution in [0.25, 0.3) is 76.2 Å². The Kier molecular flexibility index (Phi) is 6.41. The molecule has 0 aliphatic heterocycles. The summed E-state index contributed by atoms with van der Waals surface area (Å²) in [6, 6.07) is 34.1. The zero-order valence-electron chi connectivity index (χ0n) is 28.9. The molecule has 1 heteroatoms. The molecule has 1 aromatic heterocycles. The van der Waals surface area contributed by atoms with E-state index in [0.717, 1.165) is 21.9 Å². The Labute approximate surface area is 283 Å². The van der Waals surface area contributed by atoms with Gasteiger partial charge in [-0.3, -0.25) is 0 Å². The van der Waals surface area contributed by atoms with Crippen LogP contribution in [0, 0.1) is 0 Å². The number of fused-ring (bicyclic) bond motifs is 5. The largest absolute Gasteiger partial charge is 0.456 e. The van der Waals surface area contributed by atoms with E-state index >= 15 is 0 Å². The third-order valence-corrected chi connectivity index (χ3v) is 11.2. The van der Waals surface area contributed by atoms with E-state index < -0.39 is 0 Å². The summed E-state index contributed by atoms with van der Waals surface area (Å²) in [5, 5.41) is 12.5. The normalized spacial score (nSPS) is 13.0. The van der Waals surface area contributed by atoms with E-state index in [2.05, 4.69) is 164 Å². The molecule has 0 amide bonds. The molecule has 1 heterocycles. The van der Waals surface area contributed by atoms with E-state index in [0.29, 0.717) is 0 Å². The molecule has 8 rings (SSSR count). The number of hydrogen-bond acceptors (Lipinski definition) is 1. The second kappa shape index (κ2) is 10.2. The molecule has 0 radical (unpaired) electrons. The third-order valence-electron chi connectivity index (χ3n) is 11.2. The van der Waals surface area contributed by atoms with Gasteiger partial charge in [-0.05, 0) is 101 Å². The van der Waals surface area contributed by atoms with Crippen LogP contribution in [0.4, 0.5) is 0 Å². The summed E-state index contributed by atoms with van der Waals surface area (Å²) in [5.41, 5.74) is 7.44. The lowest BCUT2D eigenvalue weighted by Gasteiger charge is -2.26. The Balaban J connectivity index is 1.52. The molecule has 0 saturated heterocycles. The van der Waals surface area contributed by atoms with Gasteiger partial charge in [0, 0.05) is 27.0 Å². The van der Waals surface area contributed by atoms with Crippen molar-refractivity contribution in [1.29, 1.82) is 0 Å². The topological polar surface area (TPSA) is 13.1 Å². The van der Waals surface area contributed by atoms with Gasteiger partial charge in [-0.15, -0.1) is 19.7 Å². The molecule has 0 fully saturated rings. The zero-order valence-corrected chi connectivity index (χ0v) is 28.9. The second-order valence-corrected chi connectivity index (χ2v) is 15.3. The first-order valence-corrected chi connectivity index (χ1v) is 16.9. The lowest BCUT2D eigenvalue weighted by molar-refractivity contribution is 0.662. The van der Waals surface area contributed by atoms with Gasteiger partial charge in [-0.1, -0.05) is 120 Å². The summed E-state index contributed by atoms with van der Waals surface area (Å²) in [6.07, 6.45) is 6.14. The lowest BCUT2D eigenvalue weighted by Crippen LogP contribution is -2.14. The van der Waals surface area contributed by atoms with Crippen LogP contribution in [0.3, 0.4) is 0 Å². The van der Waals surface area contributed by atoms with Crippen LogP contribution >= 0.6 is 0 Å². The van der Waals surface area contributed by atoms with E-state index in [4.69, 9.17) is 4.42 Å². The van der Waals surface area contributed by atoms with E-state index in [1.54, 1.807) is 0 Å². The van der Waals surface area contributed by atoms with Crippen molar-refractivity contribution in [3.05, 3.63) is 146 Å². The minimum absolute atomic E-state index is 0.153. The molecule has 236 valence electrons. The van der Waals surface area contributed by atoms with Crippen molar-refractivity contribution >= 4 is 65.0 Å². The number of rotatable bonds is 7. The molecular weight excluding hydrogens is 581 g/mol. The molecule has 48 heavy (non-hydrogen) atoms. The minimum Gasteiger partial charge on any atom is -0.456 e. The van der Waals surface area contributed by atoms with Crippen LogP contribution in [-0.2, 0) is 16.2 Å². The lowest BCUT2D eigenvalue weighted by atomic mass is 9.77. The highest BCUT2D eigenvalue weighted by atomic mass is 16.3. The van der Waals surface area contributed by atoms with Crippen LogP contribution in [-0.4, -0.2) is 0 Å². The summed E-state index contributed by atoms with van der Waals surface area (Å²) >= 11 is 0. The van der Waals surface area contributed by atoms with Gasteiger partial charge < -0.3 is 4.42 Å². The predicted molar refractivity (Wildman–Crippen MR) is 210 cm³/mol. The average molecular weight is 623 g/mol. The number of hydrogen-bond donors (Lipinski definition) is 0. The Morgan fingerprint density at radius 1 is 0.438 bits per heavy atom. The molecule has 8 aromatic rings. The van der Waals surface area contributed by atoms with Crippen molar-refractivity contribution in [3.8, 4) is 11.1 Å². The van der Waals surface area contributed by atoms with Crippen LogP contribution in [0.2, 0.25) is 0 Å². The van der Waals surface area contributed by atoms with Crippen LogP contribution in [0.5, 0.6) is 0 Å². The van der Waals surface area contributed by atoms with E-state index in [1.165, 1.54) is 70.9 Å². The number of benzene rings is 7. The molecule has 0 unspecified atom stereocenters. The van der Waals surface area contributed by atoms with Crippen LogP contribution < -0.4 is 0 Å². The monoisotopic (exact) mass is 622 g/mol. The zero-order chi connectivity index (χ0) is 33.7. The van der Waals surface area contributed by atoms with Crippen molar-refractivity contribution in [2.24, 2.45) is 0 Å². The van der Waals surface area contributed by atoms with E-state index in [9.17, 15) is 0 Å². The standard InChI is InChI=1S/C47H42O/c1-10-45(4,5)29-19-22-40-39(25-29)44-34(17-14-18-41(44)48-40)32-20-21-36-38-27-31(47(8,9)12-3)24-28-23-30(46(6,7)11-2)26-37(42(28)38)35-16-13-15-33(32)43(35)36/h10-27H,1-3H2,4-9H3. The third kappa shape index (κ3) is 4.23. The predicted octanol–water partition coefficient (Wildman–Crippen LogP) is 13.7. The fraction of sp³-hybridized carbons (Fsp3) is 0.191. The minimum atomic E-state index is -0.179. The van der Waals surface area contributed by atoms with Gasteiger partial charge in [-0.25, -0.2) is 0 Å². The van der Waals surface area contributed by atoms with Crippen molar-refractivity contribution in [1.82, 2.24) is 0 Å². The molecule has 1 nitrogen and oxygen atoms in total. The quantitative estimate of drug-likeness (QED) is 0.0979. The van der Waals surface area contributed by atoms with Gasteiger partial charge in [-0.2, -0.15) is 0 Å². The SMILES string of the molecule is C=CC(C)(C)c1ccc2oc3cccc(-c4ccc5c6cc(C(C)(C)C=C)cc7cc(C(C)(C)C=C)cc(c8cccc4c85)c76)c3c2c1. The fourth-order valence-corrected chi connectivity index (χ4v) is 7.58. The maximum Gasteiger partial charge on any atom is 0.136 e. The van der Waals surface area contributed by atoms with Crippen molar-refractivity contribution < 1.29 is 4.42 Å². The number of furan rings is 1. The molecule has 0 aliphatic rings. The Hall–Kier alpha value is -5.14. The molecular formula is C47H42O. The Morgan fingerprint density at radius 2 is 1.00 bits per heavy atom. The average Bonchev–Trinajstić information content (AvgIpc) is 3.48. The molecule has 0 spiro atoms. The van der Waals surface area contributed by atoms with Gasteiger partial charge in [0.2, 0.25) is 0 Å². The Bertz CT molecular complexity index is 2560. The first kappa shape index (κ1) is 30.2. The van der Waals surface area contributed by atoms with Gasteiger partial charge in [0.1, 0.15) is 11.2 Å². The summed E-state index contributed by atoms with van der Waals surface area (Å²) in [6.45, 7) is 25.9. The van der Waals surface area contributed by atoms with E-state index in [1.807, 2.05) is 6.08 Å². The maximum atomic E-state index is 6.46. The maximum absolute atomic E-state index is 6.46. The van der Waals surface area contributed by atoms with Gasteiger partial charge >= 0.3 is 0 Å². The van der Waals surface area contributed by atoms with Crippen molar-refractivity contribution in [3.63, 3.8) is 0 Å². The number of allylic oxidation sites excluding steroid dienone is 3. The first-order chi connectivity index (χ1) is 22.9. The summed E-state index contributed by atoms with van der Waals surface area (Å²) in [7, 11) is 0. The molecule has 0 saturated carbocycles. The summed E-state index contributed by atoms with van der Waals surface area (Å²) in [5.74, 6) is 0. The Morgan fingerprint density at radius 3 is 1.65 bits per heavy atom. The second-order valence-electron chi connectivity index (χ2n) is 15.3. The molecule has 0 atom stereocenters. The highest BCUT2D eigenvalue weighted by molar-refractivity contribution is 6.35. The summed E-state index contributed by atoms with van der Waals surface area (Å²) < 4.78 is 6.46. The van der Waals surface area contributed by atoms with Crippen molar-refractivity contribution in [2.75, 3.05) is 0 Å². The molecule has 7 aromatic carbocycles. The fourth-order valence-electron chi connectivity index (χ4n) is 7.58. The highest BCUT2D eigenvalue weighted by Crippen LogP contribution is 2.47. The summed E-state index contributed by atoms with van der Waals surface area (Å²) in [4.78, 5) is 0.